The lowest BCUT2D eigenvalue weighted by molar-refractivity contribution is -0.138. The van der Waals surface area contributed by atoms with Gasteiger partial charge in [-0.15, -0.1) is 11.8 Å². The van der Waals surface area contributed by atoms with Crippen LogP contribution in [0.15, 0.2) is 89.0 Å². The van der Waals surface area contributed by atoms with Crippen molar-refractivity contribution in [3.05, 3.63) is 94.6 Å². The predicted octanol–water partition coefficient (Wildman–Crippen LogP) is -3.97. The van der Waals surface area contributed by atoms with Crippen LogP contribution in [0.2, 0.25) is 0 Å². The van der Waals surface area contributed by atoms with E-state index in [1.54, 1.807) is 119 Å². The molecule has 0 bridgehead atoms. The summed E-state index contributed by atoms with van der Waals surface area (Å²) in [5.41, 5.74) is 10.4. The van der Waals surface area contributed by atoms with E-state index in [0.29, 0.717) is 24.8 Å². The van der Waals surface area contributed by atoms with Crippen LogP contribution in [0.3, 0.4) is 0 Å². The Kier molecular flexibility index (Phi) is 52.2. The van der Waals surface area contributed by atoms with Crippen LogP contribution in [0.25, 0.3) is 0 Å². The van der Waals surface area contributed by atoms with E-state index >= 15 is 0 Å². The van der Waals surface area contributed by atoms with Crippen molar-refractivity contribution in [1.29, 1.82) is 0 Å². The third-order valence-corrected chi connectivity index (χ3v) is 25.5. The number of likely N-dealkylation sites (tertiary alicyclic amines) is 2. The number of carbonyl (C=O) groups excluding carboxylic acids is 23. The van der Waals surface area contributed by atoms with Gasteiger partial charge in [0.15, 0.2) is 0 Å². The van der Waals surface area contributed by atoms with Crippen molar-refractivity contribution in [2.75, 3.05) is 46.1 Å². The standard InChI is InChI=1S/C97H150N24O24S/c1-21-52(13)76(95(143)114-68-48-146-43-40-100-92(140)74(50(9)10)115-86(134)65(44-49(7)8)112-89(68)137)117-84(132)60(24-4)106-88(136)67(47-122)105-73(125)46-101-82(130)63(36-38-71(98)123)111-94(142)77(53(14)22-2)118-93(141)75(51(11)12)116-87(135)66(45-58-32-28-27-29-33-58)113-85(133)64(37-39-72(99)124)110-80(128)55(16)102-78(126)54(15)103-83(131)59(23-3)107-91(139)70-35-31-42-121(70)96(144)61(25-5)108-79(127)56(17)104-90(138)69-34-30-41-120(69)97(145)62(26-6)109-81(129)57(18)119(19)20/h23-29,32-33,40,43,49-57,63-70,74-77,122H,21-22,30-31,34-39,41-42,44-48H2,1-20H3,(H2,98,123)(H2,99,124)(H,100,140)(H,101,130)(H,102,126)(H,103,131)(H,104,138)(H,105,125)(H,106,136)(H,107,139)(H,108,127)(H,109,129)(H,110,128)(H,111,142)(H,112,137)(H,113,133)(H,114,143)(H,115,134)(H,116,135)(H,117,132)(H,118,141)/b43-40+,59-23-,60-24-,61-25-,62-26-/t52-,53-,54-,55-,56-,57+,63-,64-,65+,66+,67+,68+,69-,70-,74+,75+,76-,77-/m1/s1. The van der Waals surface area contributed by atoms with Crippen LogP contribution in [0.1, 0.15) is 201 Å². The Morgan fingerprint density at radius 1 is 0.486 bits per heavy atom. The molecular weight excluding hydrogens is 1920 g/mol. The van der Waals surface area contributed by atoms with Gasteiger partial charge in [-0.05, 0) is 155 Å². The number of nitrogens with one attached hydrogen (secondary N) is 19. The lowest BCUT2D eigenvalue weighted by Gasteiger charge is -2.30. The quantitative estimate of drug-likeness (QED) is 0.0277. The average molecular weight is 2070 g/mol. The Morgan fingerprint density at radius 2 is 0.959 bits per heavy atom. The van der Waals surface area contributed by atoms with E-state index in [1.807, 2.05) is 13.8 Å². The smallest absolute Gasteiger partial charge is 0.270 e. The molecule has 146 heavy (non-hydrogen) atoms. The fourth-order valence-electron chi connectivity index (χ4n) is 15.2. The molecule has 0 saturated carbocycles. The first kappa shape index (κ1) is 124. The zero-order valence-corrected chi connectivity index (χ0v) is 87.6. The monoisotopic (exact) mass is 2070 g/mol. The molecule has 808 valence electrons. The minimum atomic E-state index is -1.81. The van der Waals surface area contributed by atoms with Gasteiger partial charge in [0.25, 0.3) is 23.6 Å². The van der Waals surface area contributed by atoms with Crippen LogP contribution in [0, 0.1) is 29.6 Å². The predicted molar refractivity (Wildman–Crippen MR) is 537 cm³/mol. The second kappa shape index (κ2) is 61.3. The first-order valence-electron chi connectivity index (χ1n) is 48.9. The Labute approximate surface area is 854 Å². The second-order valence-corrected chi connectivity index (χ2v) is 38.3. The van der Waals surface area contributed by atoms with Gasteiger partial charge in [-0.1, -0.05) is 137 Å². The van der Waals surface area contributed by atoms with Crippen molar-refractivity contribution in [3.8, 4) is 0 Å². The van der Waals surface area contributed by atoms with Gasteiger partial charge in [0, 0.05) is 44.3 Å². The van der Waals surface area contributed by atoms with E-state index in [1.165, 1.54) is 81.2 Å². The number of carbonyl (C=O) groups is 23. The highest BCUT2D eigenvalue weighted by molar-refractivity contribution is 8.02. The Bertz CT molecular complexity index is 5020. The molecule has 0 spiro atoms. The Hall–Kier alpha value is -14.0. The molecule has 3 heterocycles. The van der Waals surface area contributed by atoms with Crippen LogP contribution in [0.5, 0.6) is 0 Å². The number of hydrogen-bond acceptors (Lipinski definition) is 26. The van der Waals surface area contributed by atoms with Gasteiger partial charge >= 0.3 is 0 Å². The highest BCUT2D eigenvalue weighted by Crippen LogP contribution is 2.24. The molecule has 49 heteroatoms. The van der Waals surface area contributed by atoms with E-state index in [2.05, 4.69) is 101 Å². The molecule has 2 fully saturated rings. The summed E-state index contributed by atoms with van der Waals surface area (Å²) < 4.78 is 0. The third kappa shape index (κ3) is 39.2. The maximum absolute atomic E-state index is 14.8. The van der Waals surface area contributed by atoms with E-state index < -0.39 is 295 Å². The average Bonchev–Trinajstić information content (AvgIpc) is 1.71. The summed E-state index contributed by atoms with van der Waals surface area (Å²) in [4.78, 5) is 321. The number of rotatable bonds is 52. The largest absolute Gasteiger partial charge is 0.394 e. The minimum absolute atomic E-state index is 0.0257. The number of nitrogens with two attached hydrogens (primary N) is 2. The van der Waals surface area contributed by atoms with Gasteiger partial charge in [0.2, 0.25) is 112 Å². The van der Waals surface area contributed by atoms with Gasteiger partial charge in [-0.25, -0.2) is 0 Å². The zero-order valence-electron chi connectivity index (χ0n) is 86.7. The van der Waals surface area contributed by atoms with Crippen LogP contribution < -0.4 is 112 Å². The van der Waals surface area contributed by atoms with Crippen molar-refractivity contribution in [2.45, 2.75) is 298 Å². The molecule has 0 radical (unpaired) electrons. The molecule has 0 unspecified atom stereocenters. The van der Waals surface area contributed by atoms with Crippen LogP contribution >= 0.6 is 11.8 Å². The molecule has 2 saturated heterocycles. The zero-order chi connectivity index (χ0) is 110. The lowest BCUT2D eigenvalue weighted by atomic mass is 9.95. The number of aliphatic hydroxyl groups excluding tert-OH is 1. The van der Waals surface area contributed by atoms with E-state index in [0.717, 1.165) is 17.8 Å². The van der Waals surface area contributed by atoms with Gasteiger partial charge < -0.3 is 127 Å². The van der Waals surface area contributed by atoms with E-state index in [-0.39, 0.29) is 79.9 Å². The molecule has 18 atom stereocenters. The SMILES string of the molecule is C/C=C(\NC(=O)[C@H](CO)NC(=O)CNC(=O)[C@@H](CCC(N)=O)NC(=O)[C@H](NC(=O)[C@@H](NC(=O)[C@H](Cc1ccccc1)NC(=O)[C@@H](CCC(N)=O)NC(=O)[C@@H](C)NC(=O)[C@@H](C)NC(=O)/C(=C/C)NC(=O)[C@H]1CCCN1C(=O)/C(=C/C)NC(=O)[C@@H](C)NC(=O)[C@H]1CCCN1C(=O)/C(=C/C)NC(=O)[C@H](C)N(C)C)C(C)C)[C@H](C)CC)C(=O)N[C@@H](C(=O)N[C@H]1CS/C=C/NC(=O)[C@H](C(C)C)NC(=O)[C@H](CC(C)C)NC1=O)[C@H](C)CC. The summed E-state index contributed by atoms with van der Waals surface area (Å²) in [5, 5.41) is 60.0. The van der Waals surface area contributed by atoms with Crippen molar-refractivity contribution >= 4 is 148 Å². The van der Waals surface area contributed by atoms with Crippen molar-refractivity contribution < 1.29 is 115 Å². The van der Waals surface area contributed by atoms with Crippen LogP contribution in [-0.4, -0.2) is 298 Å². The van der Waals surface area contributed by atoms with Crippen LogP contribution in [0.4, 0.5) is 0 Å². The highest BCUT2D eigenvalue weighted by Gasteiger charge is 2.44. The maximum atomic E-state index is 14.8. The van der Waals surface area contributed by atoms with Gasteiger partial charge in [0.1, 0.15) is 113 Å². The highest BCUT2D eigenvalue weighted by atomic mass is 32.2. The molecule has 48 nitrogen and oxygen atoms in total. The number of amides is 23. The third-order valence-electron chi connectivity index (χ3n) is 24.7. The Balaban J connectivity index is 1.42. The van der Waals surface area contributed by atoms with Gasteiger partial charge in [-0.3, -0.25) is 115 Å². The number of hydrogen-bond donors (Lipinski definition) is 22. The first-order chi connectivity index (χ1) is 68.7. The molecule has 24 N–H and O–H groups in total. The number of allylic oxidation sites excluding steroid dienone is 4. The molecule has 4 rings (SSSR count). The fraction of sp³-hybridized carbons (Fsp3) is 0.598. The van der Waals surface area contributed by atoms with E-state index in [4.69, 9.17) is 11.5 Å². The summed E-state index contributed by atoms with van der Waals surface area (Å²) in [6.07, 6.45) is 6.03. The second-order valence-electron chi connectivity index (χ2n) is 37.3. The van der Waals surface area contributed by atoms with Crippen molar-refractivity contribution in [2.24, 2.45) is 41.1 Å². The van der Waals surface area contributed by atoms with Crippen molar-refractivity contribution in [3.63, 3.8) is 0 Å². The molecule has 1 aromatic rings. The van der Waals surface area contributed by atoms with Crippen molar-refractivity contribution in [1.82, 2.24) is 116 Å². The number of benzene rings is 1. The summed E-state index contributed by atoms with van der Waals surface area (Å²) >= 11 is 1.06. The summed E-state index contributed by atoms with van der Waals surface area (Å²) in [7, 11) is 3.40. The number of nitrogens with zero attached hydrogens (tertiary/aromatic N) is 3. The summed E-state index contributed by atoms with van der Waals surface area (Å²) in [6, 6.07) is -13.2. The normalized spacial score (nSPS) is 19.3. The summed E-state index contributed by atoms with van der Waals surface area (Å²) in [5.74, 6) is -22.6. The van der Waals surface area contributed by atoms with E-state index in [9.17, 15) is 115 Å². The van der Waals surface area contributed by atoms with Gasteiger partial charge in [-0.2, -0.15) is 0 Å². The van der Waals surface area contributed by atoms with Gasteiger partial charge in [0.05, 0.1) is 19.2 Å². The fourth-order valence-corrected chi connectivity index (χ4v) is 15.9. The molecule has 3 aliphatic rings. The molecule has 3 aliphatic heterocycles. The number of primary amides is 2. The molecule has 23 amide bonds. The maximum Gasteiger partial charge on any atom is 0.270 e. The molecular formula is C97H150N24O24S. The lowest BCUT2D eigenvalue weighted by Crippen LogP contribution is -2.62. The molecule has 0 aliphatic carbocycles. The molecule has 1 aromatic carbocycles. The number of thioether (sulfide) groups is 1. The Morgan fingerprint density at radius 3 is 1.48 bits per heavy atom. The number of likely N-dealkylation sites (N-methyl/N-ethyl adjacent to an activating group) is 1. The first-order valence-corrected chi connectivity index (χ1v) is 50.0. The molecule has 0 aromatic heterocycles. The van der Waals surface area contributed by atoms with Crippen LogP contribution in [-0.2, 0) is 117 Å². The summed E-state index contributed by atoms with van der Waals surface area (Å²) in [6.45, 7) is 26.3. The number of aliphatic hydroxyl groups is 1. The minimum Gasteiger partial charge on any atom is -0.394 e. The topological polar surface area (TPSA) is 703 Å².